The summed E-state index contributed by atoms with van der Waals surface area (Å²) in [7, 11) is 0. The van der Waals surface area contributed by atoms with Gasteiger partial charge in [0, 0.05) is 117 Å². The molecule has 0 N–H and O–H groups in total. The maximum absolute atomic E-state index is 4.73. The molecule has 2 radical (unpaired) electrons. The van der Waals surface area contributed by atoms with Crippen LogP contribution in [0.3, 0.4) is 0 Å². The van der Waals surface area contributed by atoms with Crippen LogP contribution in [0.15, 0.2) is 359 Å². The molecule has 10 heterocycles. The van der Waals surface area contributed by atoms with Crippen LogP contribution in [-0.2, 0) is 137 Å². The van der Waals surface area contributed by atoms with Crippen molar-refractivity contribution in [1.29, 1.82) is 0 Å². The fourth-order valence-electron chi connectivity index (χ4n) is 23.3. The number of nitrogens with zero attached hydrogens (tertiary/aromatic N) is 7. The normalized spacial score (nSPS) is 16.0. The van der Waals surface area contributed by atoms with Crippen molar-refractivity contribution in [3.8, 4) is 101 Å². The Hall–Kier alpha value is -13.2. The molecule has 4 bridgehead atoms. The first-order valence-corrected chi connectivity index (χ1v) is 51.7. The summed E-state index contributed by atoms with van der Waals surface area (Å²) in [5.41, 5.74) is 48.6. The predicted molar refractivity (Wildman–Crippen MR) is 571 cm³/mol. The average molecular weight is 2210 g/mol. The first-order valence-electron chi connectivity index (χ1n) is 51.7. The van der Waals surface area contributed by atoms with Crippen molar-refractivity contribution < 1.29 is 53.9 Å². The van der Waals surface area contributed by atoms with Crippen molar-refractivity contribution >= 4 is 0 Å². The molecule has 9 heteroatoms. The molecule has 7 aromatic heterocycles. The zero-order chi connectivity index (χ0) is 95.0. The summed E-state index contributed by atoms with van der Waals surface area (Å²) < 4.78 is 7.37. The van der Waals surface area contributed by atoms with Gasteiger partial charge in [-0.05, 0) is 295 Å². The Morgan fingerprint density at radius 1 is 0.343 bits per heavy atom. The van der Waals surface area contributed by atoms with Crippen molar-refractivity contribution in [3.63, 3.8) is 0 Å². The van der Waals surface area contributed by atoms with E-state index < -0.39 is 0 Å². The van der Waals surface area contributed by atoms with Crippen LogP contribution in [0.25, 0.3) is 101 Å². The number of aryl methyl sites for hydroxylation is 10. The van der Waals surface area contributed by atoms with E-state index in [1.807, 2.05) is 140 Å². The van der Waals surface area contributed by atoms with Crippen molar-refractivity contribution in [3.05, 3.63) is 495 Å². The van der Waals surface area contributed by atoms with Crippen LogP contribution < -0.4 is 13.7 Å². The zero-order valence-corrected chi connectivity index (χ0v) is 87.3. The summed E-state index contributed by atoms with van der Waals surface area (Å²) in [6.45, 7) is 12.6. The summed E-state index contributed by atoms with van der Waals surface area (Å²) in [5.74, 6) is 4.08. The molecule has 28 rings (SSSR count). The van der Waals surface area contributed by atoms with Gasteiger partial charge in [0.2, 0.25) is 17.1 Å². The van der Waals surface area contributed by atoms with Crippen LogP contribution in [0.1, 0.15) is 197 Å². The van der Waals surface area contributed by atoms with Gasteiger partial charge in [-0.25, -0.2) is 11.1 Å². The molecule has 18 aromatic rings. The second-order valence-electron chi connectivity index (χ2n) is 41.2. The number of fused-ring (bicyclic) bond motifs is 16. The molecule has 4 atom stereocenters. The van der Waals surface area contributed by atoms with Gasteiger partial charge in [0.1, 0.15) is 0 Å². The number of benzene rings is 11. The SMILES string of the molecule is CC(C)Cc1cccc(-c2[c-]cccc2)n1.CC1(C)C2Cc3cc4[n+](cc3C1C2)Cc1cc2c(cc1-4)CCCC2.[Ir].[Ir].[c-]1ccc(-c2ccccc2)cc1-c1ccccn1.[c-]1ccccc1-c1[c-]cc(CCc2cc(CCc3ccc(-c4[c-]cccc4)nc3)cc(CCc3ccc(-c4[c-]cccc4)nc3)c2)cc1.c1c2c(cc3c1C[n+]1cc4c(cc1-3)C1CCC4C1)CCCC2.c1ccc2c(c1)C[n+]1ccccc1-2. The summed E-state index contributed by atoms with van der Waals surface area (Å²) in [6.07, 6.45) is 37.5. The van der Waals surface area contributed by atoms with E-state index in [0.29, 0.717) is 11.3 Å². The van der Waals surface area contributed by atoms with E-state index in [9.17, 15) is 0 Å². The first kappa shape index (κ1) is 97.2. The van der Waals surface area contributed by atoms with E-state index >= 15 is 0 Å². The van der Waals surface area contributed by atoms with Gasteiger partial charge in [-0.3, -0.25) is 0 Å². The second-order valence-corrected chi connectivity index (χ2v) is 41.2. The topological polar surface area (TPSA) is 63.2 Å². The molecule has 7 nitrogen and oxygen atoms in total. The maximum Gasteiger partial charge on any atom is 0.213 e. The summed E-state index contributed by atoms with van der Waals surface area (Å²) in [5, 5.41) is 0. The van der Waals surface area contributed by atoms with Crippen molar-refractivity contribution in [2.24, 2.45) is 17.3 Å². The number of aromatic nitrogens is 7. The molecule has 2 fully saturated rings. The molecular formula is C134H122Ir2N7-3. The molecule has 3 aliphatic heterocycles. The Bertz CT molecular complexity index is 7090. The fourth-order valence-corrected chi connectivity index (χ4v) is 23.3. The van der Waals surface area contributed by atoms with Crippen molar-refractivity contribution in [2.75, 3.05) is 0 Å². The standard InChI is InChI=1S/C46H36N2.C23H26N.C21H22N.C17H12N.C15H16N.C12H10N.2Ir/c1-4-10-41(11-5-1)42-26-22-35(23-27-42)16-19-38-30-39(20-17-36-24-28-45(47-33-36)43-12-6-2-7-13-43)32-40(31-38)21-18-37-25-29-46(48-34-37)44-14-8-3-9-15-44;1-23(2)18-8-16-10-22-19-9-15-6-4-3-5-14(15)7-17(19)12-24(22)13-20(16)21(23)11-18;1-2-4-14-9-19-17(7-13(14)3-1)11-22-12-20-16-6-5-15(8-16)18(20)10-21(19)22;1-2-7-14(8-3-1)15-9-6-10-16(13-15)17-11-4-5-12-18-17;1-12(2)11-14-9-6-10-15(16-14)13-7-4-3-5-8-13;1-2-6-11-10(5-1)9-13-8-4-3-7-12(11)13;;/h1-10,12,14,22-26,28-34H,16-21H2;7,9-10,13,18,21H,3-6,8,11-12H2,1-2H3;7,9-10,12,15-16H,1-6,8,11H2;1-9,11-13H;3-7,9-10,12H,11H2,1-2H3;1-8H,9H2;;/q-4;2*+1;2*-1;+1;;. The third-order valence-corrected chi connectivity index (χ3v) is 31.1. The Morgan fingerprint density at radius 2 is 0.853 bits per heavy atom. The van der Waals surface area contributed by atoms with E-state index in [2.05, 4.69) is 300 Å². The van der Waals surface area contributed by atoms with Crippen LogP contribution >= 0.6 is 0 Å². The minimum absolute atomic E-state index is 0. The van der Waals surface area contributed by atoms with Crippen LogP contribution in [0.4, 0.5) is 0 Å². The Kier molecular flexibility index (Phi) is 30.4. The molecule has 4 unspecified atom stereocenters. The van der Waals surface area contributed by atoms with E-state index in [0.717, 1.165) is 150 Å². The largest absolute Gasteiger partial charge is 0.305 e. The average Bonchev–Trinajstić information content (AvgIpc) is 1.68. The molecule has 0 spiro atoms. The van der Waals surface area contributed by atoms with Gasteiger partial charge in [-0.1, -0.05) is 149 Å². The van der Waals surface area contributed by atoms with Gasteiger partial charge in [0.15, 0.2) is 38.2 Å². The third-order valence-electron chi connectivity index (χ3n) is 31.1. The number of pyridine rings is 7. The smallest absolute Gasteiger partial charge is 0.213 e. The Labute approximate surface area is 874 Å². The number of hydrogen-bond donors (Lipinski definition) is 0. The molecule has 2 saturated carbocycles. The van der Waals surface area contributed by atoms with E-state index in [1.165, 1.54) is 167 Å². The van der Waals surface area contributed by atoms with Gasteiger partial charge < -0.3 is 19.9 Å². The number of hydrogen-bond acceptors (Lipinski definition) is 4. The van der Waals surface area contributed by atoms with E-state index in [4.69, 9.17) is 9.97 Å². The summed E-state index contributed by atoms with van der Waals surface area (Å²) in [6, 6.07) is 133. The van der Waals surface area contributed by atoms with E-state index in [1.54, 1.807) is 61.8 Å². The minimum Gasteiger partial charge on any atom is -0.305 e. The second kappa shape index (κ2) is 44.7. The van der Waals surface area contributed by atoms with Crippen molar-refractivity contribution in [1.82, 2.24) is 19.9 Å². The van der Waals surface area contributed by atoms with Crippen molar-refractivity contribution in [2.45, 2.75) is 193 Å². The zero-order valence-electron chi connectivity index (χ0n) is 82.5. The molecule has 0 saturated heterocycles. The molecule has 143 heavy (non-hydrogen) atoms. The third kappa shape index (κ3) is 22.3. The van der Waals surface area contributed by atoms with Gasteiger partial charge in [0.25, 0.3) is 0 Å². The molecule has 10 aliphatic rings. The van der Waals surface area contributed by atoms with Gasteiger partial charge in [-0.2, -0.15) is 62.2 Å². The summed E-state index contributed by atoms with van der Waals surface area (Å²) >= 11 is 0. The number of rotatable bonds is 17. The molecule has 11 aromatic carbocycles. The molecule has 7 aliphatic carbocycles. The van der Waals surface area contributed by atoms with Crippen LogP contribution in [0.5, 0.6) is 0 Å². The molecular weight excluding hydrogens is 2090 g/mol. The van der Waals surface area contributed by atoms with Crippen LogP contribution in [0.2, 0.25) is 0 Å². The van der Waals surface area contributed by atoms with Gasteiger partial charge in [0.05, 0.1) is 16.7 Å². The Balaban J connectivity index is 0.000000111. The first-order chi connectivity index (χ1) is 69.4. The fraction of sp³-hybridized carbons (Fsp3) is 0.246. The van der Waals surface area contributed by atoms with E-state index in [-0.39, 0.29) is 40.2 Å². The summed E-state index contributed by atoms with van der Waals surface area (Å²) in [4.78, 5) is 18.5. The molecule has 714 valence electrons. The minimum atomic E-state index is 0. The maximum atomic E-state index is 4.73. The van der Waals surface area contributed by atoms with Crippen LogP contribution in [-0.4, -0.2) is 19.9 Å². The monoisotopic (exact) mass is 2210 g/mol. The van der Waals surface area contributed by atoms with Gasteiger partial charge >= 0.3 is 0 Å². The van der Waals surface area contributed by atoms with Gasteiger partial charge in [-0.15, -0.1) is 155 Å². The Morgan fingerprint density at radius 3 is 1.43 bits per heavy atom. The molecule has 0 amide bonds. The predicted octanol–water partition coefficient (Wildman–Crippen LogP) is 28.8. The quantitative estimate of drug-likeness (QED) is 0.0673. The van der Waals surface area contributed by atoms with Crippen LogP contribution in [0, 0.1) is 53.6 Å².